The molecule has 2 aromatic rings. The van der Waals surface area contributed by atoms with Crippen molar-refractivity contribution in [3.05, 3.63) is 48.0 Å². The Bertz CT molecular complexity index is 536. The van der Waals surface area contributed by atoms with Crippen LogP contribution in [0.5, 0.6) is 0 Å². The van der Waals surface area contributed by atoms with Crippen molar-refractivity contribution >= 4 is 16.7 Å². The molecule has 0 saturated heterocycles. The predicted molar refractivity (Wildman–Crippen MR) is 68.0 cm³/mol. The number of carbonyl (C=O) groups is 1. The molecule has 0 saturated carbocycles. The van der Waals surface area contributed by atoms with Crippen LogP contribution in [0.4, 0.5) is 0 Å². The molecule has 3 nitrogen and oxygen atoms in total. The predicted octanol–water partition coefficient (Wildman–Crippen LogP) is 2.36. The van der Waals surface area contributed by atoms with Gasteiger partial charge in [-0.3, -0.25) is 4.79 Å². The molecule has 3 N–H and O–H groups in total. The van der Waals surface area contributed by atoms with Crippen molar-refractivity contribution in [2.75, 3.05) is 6.54 Å². The Hall–Kier alpha value is -1.87. The number of nitrogens with two attached hydrogens (primary N) is 1. The second kappa shape index (κ2) is 4.97. The number of carboxylic acid groups (broad SMARTS) is 1. The van der Waals surface area contributed by atoms with Gasteiger partial charge in [-0.25, -0.2) is 0 Å². The minimum atomic E-state index is -0.811. The van der Waals surface area contributed by atoms with E-state index in [1.807, 2.05) is 42.5 Å². The lowest BCUT2D eigenvalue weighted by atomic mass is 9.94. The molecule has 0 aliphatic heterocycles. The fourth-order valence-corrected chi connectivity index (χ4v) is 2.01. The highest BCUT2D eigenvalue weighted by atomic mass is 16.4. The molecule has 0 aromatic heterocycles. The Morgan fingerprint density at radius 2 is 1.88 bits per heavy atom. The summed E-state index contributed by atoms with van der Waals surface area (Å²) in [5.41, 5.74) is 6.63. The van der Waals surface area contributed by atoms with E-state index in [0.29, 0.717) is 6.54 Å². The van der Waals surface area contributed by atoms with Gasteiger partial charge in [-0.1, -0.05) is 42.5 Å². The zero-order valence-corrected chi connectivity index (χ0v) is 9.47. The molecule has 0 spiro atoms. The van der Waals surface area contributed by atoms with Gasteiger partial charge < -0.3 is 10.8 Å². The third-order valence-corrected chi connectivity index (χ3v) is 2.95. The lowest BCUT2D eigenvalue weighted by Gasteiger charge is -2.13. The van der Waals surface area contributed by atoms with Crippen LogP contribution < -0.4 is 5.73 Å². The maximum Gasteiger partial charge on any atom is 0.304 e. The first-order valence-electron chi connectivity index (χ1n) is 5.61. The van der Waals surface area contributed by atoms with E-state index in [-0.39, 0.29) is 12.3 Å². The lowest BCUT2D eigenvalue weighted by Crippen LogP contribution is -2.16. The van der Waals surface area contributed by atoms with Crippen molar-refractivity contribution in [2.45, 2.75) is 12.3 Å². The first-order chi connectivity index (χ1) is 8.20. The van der Waals surface area contributed by atoms with Gasteiger partial charge >= 0.3 is 5.97 Å². The van der Waals surface area contributed by atoms with Crippen LogP contribution in [0.2, 0.25) is 0 Å². The van der Waals surface area contributed by atoms with E-state index in [2.05, 4.69) is 0 Å². The van der Waals surface area contributed by atoms with Crippen molar-refractivity contribution in [1.82, 2.24) is 0 Å². The molecule has 0 fully saturated rings. The third-order valence-electron chi connectivity index (χ3n) is 2.95. The second-order valence-corrected chi connectivity index (χ2v) is 4.14. The van der Waals surface area contributed by atoms with Crippen molar-refractivity contribution in [3.63, 3.8) is 0 Å². The van der Waals surface area contributed by atoms with Gasteiger partial charge in [0.15, 0.2) is 0 Å². The van der Waals surface area contributed by atoms with E-state index in [1.165, 1.54) is 0 Å². The minimum absolute atomic E-state index is 0.0782. The highest BCUT2D eigenvalue weighted by molar-refractivity contribution is 5.83. The van der Waals surface area contributed by atoms with Crippen molar-refractivity contribution < 1.29 is 9.90 Å². The molecule has 0 heterocycles. The fraction of sp³-hybridized carbons (Fsp3) is 0.214. The maximum atomic E-state index is 10.7. The molecule has 0 unspecified atom stereocenters. The molecule has 1 atom stereocenters. The van der Waals surface area contributed by atoms with Crippen LogP contribution in [0.25, 0.3) is 10.8 Å². The van der Waals surface area contributed by atoms with Gasteiger partial charge in [-0.05, 0) is 22.9 Å². The molecule has 2 aromatic carbocycles. The van der Waals surface area contributed by atoms with Crippen LogP contribution in [0.1, 0.15) is 17.9 Å². The summed E-state index contributed by atoms with van der Waals surface area (Å²) >= 11 is 0. The molecule has 88 valence electrons. The second-order valence-electron chi connectivity index (χ2n) is 4.14. The first kappa shape index (κ1) is 11.6. The highest BCUT2D eigenvalue weighted by Crippen LogP contribution is 2.23. The van der Waals surface area contributed by atoms with E-state index < -0.39 is 5.97 Å². The summed E-state index contributed by atoms with van der Waals surface area (Å²) in [5.74, 6) is -0.925. The molecular formula is C14H15NO2. The molecule has 0 aliphatic carbocycles. The van der Waals surface area contributed by atoms with E-state index in [0.717, 1.165) is 16.3 Å². The van der Waals surface area contributed by atoms with Crippen molar-refractivity contribution in [3.8, 4) is 0 Å². The summed E-state index contributed by atoms with van der Waals surface area (Å²) in [6.45, 7) is 0.352. The lowest BCUT2D eigenvalue weighted by molar-refractivity contribution is -0.137. The number of fused-ring (bicyclic) bond motifs is 1. The average Bonchev–Trinajstić information content (AvgIpc) is 2.35. The Morgan fingerprint density at radius 1 is 1.18 bits per heavy atom. The van der Waals surface area contributed by atoms with Crippen molar-refractivity contribution in [1.29, 1.82) is 0 Å². The molecule has 3 heteroatoms. The maximum absolute atomic E-state index is 10.7. The first-order valence-corrected chi connectivity index (χ1v) is 5.61. The number of carboxylic acids is 1. The molecular weight excluding hydrogens is 214 g/mol. The van der Waals surface area contributed by atoms with E-state index in [4.69, 9.17) is 10.8 Å². The van der Waals surface area contributed by atoms with Crippen molar-refractivity contribution in [2.24, 2.45) is 5.73 Å². The van der Waals surface area contributed by atoms with Crippen LogP contribution in [0.3, 0.4) is 0 Å². The van der Waals surface area contributed by atoms with Crippen LogP contribution in [0, 0.1) is 0 Å². The highest BCUT2D eigenvalue weighted by Gasteiger charge is 2.13. The third kappa shape index (κ3) is 2.63. The van der Waals surface area contributed by atoms with Gasteiger partial charge in [0.05, 0.1) is 6.42 Å². The van der Waals surface area contributed by atoms with Gasteiger partial charge in [0.2, 0.25) is 0 Å². The zero-order valence-electron chi connectivity index (χ0n) is 9.47. The van der Waals surface area contributed by atoms with E-state index >= 15 is 0 Å². The summed E-state index contributed by atoms with van der Waals surface area (Å²) in [5, 5.41) is 11.1. The Balaban J connectivity index is 2.37. The number of hydrogen-bond acceptors (Lipinski definition) is 2. The molecule has 0 amide bonds. The summed E-state index contributed by atoms with van der Waals surface area (Å²) in [6, 6.07) is 14.0. The van der Waals surface area contributed by atoms with E-state index in [1.54, 1.807) is 0 Å². The van der Waals surface area contributed by atoms with Gasteiger partial charge in [-0.2, -0.15) is 0 Å². The molecule has 0 aliphatic rings. The quantitative estimate of drug-likeness (QED) is 0.845. The SMILES string of the molecule is NC[C@H](CC(=O)O)c1ccc2ccccc2c1. The summed E-state index contributed by atoms with van der Waals surface area (Å²) in [6.07, 6.45) is 0.0782. The van der Waals surface area contributed by atoms with E-state index in [9.17, 15) is 4.79 Å². The average molecular weight is 229 g/mol. The topological polar surface area (TPSA) is 63.3 Å². The number of aliphatic carboxylic acids is 1. The number of benzene rings is 2. The van der Waals surface area contributed by atoms with Gasteiger partial charge in [0.25, 0.3) is 0 Å². The van der Waals surface area contributed by atoms with Gasteiger partial charge in [0.1, 0.15) is 0 Å². The largest absolute Gasteiger partial charge is 0.481 e. The molecule has 0 radical (unpaired) electrons. The van der Waals surface area contributed by atoms with Gasteiger partial charge in [0, 0.05) is 5.92 Å². The normalized spacial score (nSPS) is 12.5. The van der Waals surface area contributed by atoms with Crippen LogP contribution in [0.15, 0.2) is 42.5 Å². The number of rotatable bonds is 4. The molecule has 17 heavy (non-hydrogen) atoms. The Labute approximate surface area is 99.9 Å². The number of hydrogen-bond donors (Lipinski definition) is 2. The van der Waals surface area contributed by atoms with Crippen LogP contribution in [-0.4, -0.2) is 17.6 Å². The fourth-order valence-electron chi connectivity index (χ4n) is 2.01. The summed E-state index contributed by atoms with van der Waals surface area (Å²) in [4.78, 5) is 10.7. The molecule has 2 rings (SSSR count). The Kier molecular flexibility index (Phi) is 3.40. The Morgan fingerprint density at radius 3 is 2.53 bits per heavy atom. The standard InChI is InChI=1S/C14H15NO2/c15-9-13(8-14(16)17)12-6-5-10-3-1-2-4-11(10)7-12/h1-7,13H,8-9,15H2,(H,16,17)/t13-/m0/s1. The summed E-state index contributed by atoms with van der Waals surface area (Å²) in [7, 11) is 0. The smallest absolute Gasteiger partial charge is 0.304 e. The van der Waals surface area contributed by atoms with Crippen LogP contribution >= 0.6 is 0 Å². The summed E-state index contributed by atoms with van der Waals surface area (Å²) < 4.78 is 0. The van der Waals surface area contributed by atoms with Crippen LogP contribution in [-0.2, 0) is 4.79 Å². The molecule has 0 bridgehead atoms. The monoisotopic (exact) mass is 229 g/mol. The van der Waals surface area contributed by atoms with Gasteiger partial charge in [-0.15, -0.1) is 0 Å². The minimum Gasteiger partial charge on any atom is -0.481 e. The zero-order chi connectivity index (χ0) is 12.3.